The first-order chi connectivity index (χ1) is 14.8. The highest BCUT2D eigenvalue weighted by atomic mass is 32.2. The van der Waals surface area contributed by atoms with E-state index in [0.29, 0.717) is 24.4 Å². The molecule has 0 heterocycles. The van der Waals surface area contributed by atoms with E-state index in [0.717, 1.165) is 16.9 Å². The van der Waals surface area contributed by atoms with Crippen LogP contribution in [0.2, 0.25) is 0 Å². The van der Waals surface area contributed by atoms with Gasteiger partial charge in [-0.1, -0.05) is 30.3 Å². The predicted octanol–water partition coefficient (Wildman–Crippen LogP) is 3.94. The molecular formula is C24H26N2O4S. The summed E-state index contributed by atoms with van der Waals surface area (Å²) >= 11 is 0. The first-order valence-corrected chi connectivity index (χ1v) is 11.3. The number of carbonyl (C=O) groups is 1. The normalized spacial score (nSPS) is 11.1. The third-order valence-corrected chi connectivity index (χ3v) is 6.52. The van der Waals surface area contributed by atoms with Crippen molar-refractivity contribution in [1.29, 1.82) is 0 Å². The summed E-state index contributed by atoms with van der Waals surface area (Å²) in [7, 11) is -2.24. The minimum absolute atomic E-state index is 0.191. The lowest BCUT2D eigenvalue weighted by atomic mass is 10.1. The number of hydrogen-bond acceptors (Lipinski definition) is 4. The number of nitrogens with one attached hydrogen (secondary N) is 1. The molecule has 0 saturated carbocycles. The Morgan fingerprint density at radius 1 is 0.935 bits per heavy atom. The summed E-state index contributed by atoms with van der Waals surface area (Å²) in [4.78, 5) is 12.7. The minimum Gasteiger partial charge on any atom is -0.492 e. The quantitative estimate of drug-likeness (QED) is 0.541. The van der Waals surface area contributed by atoms with Gasteiger partial charge in [0.05, 0.1) is 17.1 Å². The van der Waals surface area contributed by atoms with Gasteiger partial charge < -0.3 is 10.1 Å². The van der Waals surface area contributed by atoms with Crippen molar-refractivity contribution in [2.75, 3.05) is 24.5 Å². The lowest BCUT2D eigenvalue weighted by Crippen LogP contribution is -2.29. The highest BCUT2D eigenvalue weighted by Crippen LogP contribution is 2.23. The molecule has 0 atom stereocenters. The second kappa shape index (κ2) is 9.66. The number of hydrogen-bond donors (Lipinski definition) is 1. The minimum atomic E-state index is -3.71. The van der Waals surface area contributed by atoms with E-state index in [4.69, 9.17) is 4.74 Å². The molecule has 3 aromatic carbocycles. The van der Waals surface area contributed by atoms with Crippen LogP contribution >= 0.6 is 0 Å². The molecule has 0 fully saturated rings. The number of rotatable bonds is 8. The van der Waals surface area contributed by atoms with E-state index in [-0.39, 0.29) is 10.8 Å². The lowest BCUT2D eigenvalue weighted by molar-refractivity contribution is 0.0947. The van der Waals surface area contributed by atoms with E-state index in [9.17, 15) is 13.2 Å². The van der Waals surface area contributed by atoms with Crippen molar-refractivity contribution in [2.45, 2.75) is 18.7 Å². The molecule has 0 unspecified atom stereocenters. The molecule has 0 spiro atoms. The van der Waals surface area contributed by atoms with Gasteiger partial charge in [0.15, 0.2) is 0 Å². The summed E-state index contributed by atoms with van der Waals surface area (Å²) in [6, 6.07) is 20.7. The fraction of sp³-hybridized carbons (Fsp3) is 0.208. The van der Waals surface area contributed by atoms with Crippen molar-refractivity contribution in [3.8, 4) is 5.75 Å². The predicted molar refractivity (Wildman–Crippen MR) is 122 cm³/mol. The highest BCUT2D eigenvalue weighted by Gasteiger charge is 2.21. The van der Waals surface area contributed by atoms with Gasteiger partial charge >= 0.3 is 0 Å². The summed E-state index contributed by atoms with van der Waals surface area (Å²) in [5, 5.41) is 2.80. The summed E-state index contributed by atoms with van der Waals surface area (Å²) in [5.41, 5.74) is 3.01. The van der Waals surface area contributed by atoms with E-state index in [2.05, 4.69) is 11.4 Å². The molecule has 0 bridgehead atoms. The van der Waals surface area contributed by atoms with E-state index in [1.165, 1.54) is 23.5 Å². The fourth-order valence-electron chi connectivity index (χ4n) is 3.18. The van der Waals surface area contributed by atoms with Gasteiger partial charge in [0.2, 0.25) is 0 Å². The van der Waals surface area contributed by atoms with Gasteiger partial charge in [-0.15, -0.1) is 0 Å². The summed E-state index contributed by atoms with van der Waals surface area (Å²) in [6.07, 6.45) is 0. The smallest absolute Gasteiger partial charge is 0.264 e. The number of benzene rings is 3. The number of amides is 1. The van der Waals surface area contributed by atoms with Crippen LogP contribution in [0.5, 0.6) is 5.75 Å². The Hall–Kier alpha value is -3.32. The Kier molecular flexibility index (Phi) is 6.97. The zero-order valence-electron chi connectivity index (χ0n) is 17.8. The Labute approximate surface area is 183 Å². The van der Waals surface area contributed by atoms with Gasteiger partial charge in [0.25, 0.3) is 15.9 Å². The van der Waals surface area contributed by atoms with Crippen LogP contribution in [0, 0.1) is 13.8 Å². The zero-order valence-corrected chi connectivity index (χ0v) is 18.6. The van der Waals surface area contributed by atoms with Gasteiger partial charge in [-0.05, 0) is 67.4 Å². The van der Waals surface area contributed by atoms with Crippen molar-refractivity contribution in [2.24, 2.45) is 0 Å². The topological polar surface area (TPSA) is 75.7 Å². The SMILES string of the molecule is Cc1cc(C)cc(OCCNC(=O)c2cccc(N(C)S(=O)(=O)c3ccccc3)c2)c1. The van der Waals surface area contributed by atoms with Crippen molar-refractivity contribution in [3.05, 3.63) is 89.5 Å². The van der Waals surface area contributed by atoms with Gasteiger partial charge in [-0.2, -0.15) is 0 Å². The van der Waals surface area contributed by atoms with E-state index in [1.807, 2.05) is 26.0 Å². The van der Waals surface area contributed by atoms with Crippen LogP contribution in [0.4, 0.5) is 5.69 Å². The molecule has 0 aliphatic carbocycles. The first-order valence-electron chi connectivity index (χ1n) is 9.91. The number of sulfonamides is 1. The van der Waals surface area contributed by atoms with Crippen molar-refractivity contribution in [1.82, 2.24) is 5.32 Å². The summed E-state index contributed by atoms with van der Waals surface area (Å²) in [5.74, 6) is 0.470. The molecular weight excluding hydrogens is 412 g/mol. The van der Waals surface area contributed by atoms with Crippen LogP contribution in [0.15, 0.2) is 77.7 Å². The molecule has 0 aliphatic rings. The van der Waals surface area contributed by atoms with Crippen LogP contribution in [0.1, 0.15) is 21.5 Å². The number of aryl methyl sites for hydroxylation is 2. The maximum atomic E-state index is 12.8. The molecule has 0 aliphatic heterocycles. The maximum absolute atomic E-state index is 12.8. The van der Waals surface area contributed by atoms with Crippen LogP contribution in [0.25, 0.3) is 0 Å². The van der Waals surface area contributed by atoms with Crippen LogP contribution < -0.4 is 14.4 Å². The van der Waals surface area contributed by atoms with Crippen LogP contribution in [0.3, 0.4) is 0 Å². The average molecular weight is 439 g/mol. The van der Waals surface area contributed by atoms with Crippen LogP contribution in [-0.2, 0) is 10.0 Å². The summed E-state index contributed by atoms with van der Waals surface area (Å²) < 4.78 is 32.5. The van der Waals surface area contributed by atoms with Gasteiger partial charge in [0, 0.05) is 12.6 Å². The molecule has 6 nitrogen and oxygen atoms in total. The zero-order chi connectivity index (χ0) is 22.4. The Morgan fingerprint density at radius 3 is 2.29 bits per heavy atom. The van der Waals surface area contributed by atoms with E-state index < -0.39 is 10.0 Å². The molecule has 1 N–H and O–H groups in total. The Balaban J connectivity index is 1.62. The molecule has 3 rings (SSSR count). The molecule has 3 aromatic rings. The Bertz CT molecular complexity index is 1140. The monoisotopic (exact) mass is 438 g/mol. The number of nitrogens with zero attached hydrogens (tertiary/aromatic N) is 1. The maximum Gasteiger partial charge on any atom is 0.264 e. The van der Waals surface area contributed by atoms with Crippen molar-refractivity contribution < 1.29 is 17.9 Å². The standard InChI is InChI=1S/C24H26N2O4S/c1-18-14-19(2)16-22(15-18)30-13-12-25-24(27)20-8-7-9-21(17-20)26(3)31(28,29)23-10-5-4-6-11-23/h4-11,14-17H,12-13H2,1-3H3,(H,25,27). The van der Waals surface area contributed by atoms with E-state index >= 15 is 0 Å². The third-order valence-electron chi connectivity index (χ3n) is 4.73. The van der Waals surface area contributed by atoms with Gasteiger partial charge in [0.1, 0.15) is 12.4 Å². The molecule has 31 heavy (non-hydrogen) atoms. The fourth-order valence-corrected chi connectivity index (χ4v) is 4.39. The Morgan fingerprint density at radius 2 is 1.61 bits per heavy atom. The molecule has 162 valence electrons. The van der Waals surface area contributed by atoms with Crippen LogP contribution in [-0.4, -0.2) is 34.5 Å². The molecule has 1 amide bonds. The third kappa shape index (κ3) is 5.64. The lowest BCUT2D eigenvalue weighted by Gasteiger charge is -2.20. The molecule has 0 aromatic heterocycles. The molecule has 7 heteroatoms. The second-order valence-corrected chi connectivity index (χ2v) is 9.23. The molecule has 0 saturated heterocycles. The molecule has 0 radical (unpaired) electrons. The summed E-state index contributed by atoms with van der Waals surface area (Å²) in [6.45, 7) is 4.66. The van der Waals surface area contributed by atoms with Crippen molar-refractivity contribution in [3.63, 3.8) is 0 Å². The highest BCUT2D eigenvalue weighted by molar-refractivity contribution is 7.92. The largest absolute Gasteiger partial charge is 0.492 e. The van der Waals surface area contributed by atoms with Gasteiger partial charge in [-0.3, -0.25) is 9.10 Å². The van der Waals surface area contributed by atoms with E-state index in [1.54, 1.807) is 42.5 Å². The second-order valence-electron chi connectivity index (χ2n) is 7.26. The number of anilines is 1. The number of carbonyl (C=O) groups excluding carboxylic acids is 1. The van der Waals surface area contributed by atoms with Crippen molar-refractivity contribution >= 4 is 21.6 Å². The number of ether oxygens (including phenoxy) is 1. The first kappa shape index (κ1) is 22.4. The van der Waals surface area contributed by atoms with Gasteiger partial charge in [-0.25, -0.2) is 8.42 Å². The average Bonchev–Trinajstić information content (AvgIpc) is 2.76.